The minimum absolute atomic E-state index is 0.0234. The van der Waals surface area contributed by atoms with Crippen LogP contribution in [0.15, 0.2) is 4.99 Å². The summed E-state index contributed by atoms with van der Waals surface area (Å²) in [5.74, 6) is 1.04. The van der Waals surface area contributed by atoms with E-state index in [4.69, 9.17) is 4.99 Å². The molecule has 33 heavy (non-hydrogen) atoms. The number of nitrogens with one attached hydrogen (secondary N) is 5. The molecule has 4 fully saturated rings. The zero-order valence-corrected chi connectivity index (χ0v) is 20.8. The molecule has 4 rings (SSSR count). The van der Waals surface area contributed by atoms with Crippen LogP contribution in [0.2, 0.25) is 0 Å². The first kappa shape index (κ1) is 24.8. The molecule has 2 aliphatic heterocycles. The van der Waals surface area contributed by atoms with E-state index in [0.717, 1.165) is 38.5 Å². The van der Waals surface area contributed by atoms with E-state index >= 15 is 0 Å². The Kier molecular flexibility index (Phi) is 7.93. The van der Waals surface area contributed by atoms with Gasteiger partial charge in [-0.1, -0.05) is 33.6 Å². The van der Waals surface area contributed by atoms with Crippen LogP contribution in [-0.4, -0.2) is 60.4 Å². The summed E-state index contributed by atoms with van der Waals surface area (Å²) in [6.45, 7) is 6.59. The molecular formula is C24H44FN7O. The molecule has 2 heterocycles. The molecule has 0 bridgehead atoms. The molecular weight excluding hydrogens is 421 g/mol. The Balaban J connectivity index is 1.39. The highest BCUT2D eigenvalue weighted by Crippen LogP contribution is 2.31. The Hall–Kier alpha value is -1.29. The summed E-state index contributed by atoms with van der Waals surface area (Å²) >= 11 is 0. The second-order valence-electron chi connectivity index (χ2n) is 11.7. The van der Waals surface area contributed by atoms with E-state index in [1.807, 2.05) is 12.1 Å². The number of alkyl halides is 1. The molecule has 0 spiro atoms. The predicted octanol–water partition coefficient (Wildman–Crippen LogP) is 2.34. The summed E-state index contributed by atoms with van der Waals surface area (Å²) in [5.41, 5.74) is 10.2. The average molecular weight is 466 g/mol. The summed E-state index contributed by atoms with van der Waals surface area (Å²) in [7, 11) is 1.94. The van der Waals surface area contributed by atoms with E-state index in [-0.39, 0.29) is 29.6 Å². The molecule has 1 amide bonds. The number of halogens is 1. The Labute approximate surface area is 198 Å². The van der Waals surface area contributed by atoms with Crippen molar-refractivity contribution in [3.63, 3.8) is 0 Å². The zero-order chi connectivity index (χ0) is 23.6. The van der Waals surface area contributed by atoms with Gasteiger partial charge in [-0.2, -0.15) is 0 Å². The van der Waals surface area contributed by atoms with Gasteiger partial charge in [-0.3, -0.25) is 21.0 Å². The highest BCUT2D eigenvalue weighted by atomic mass is 19.1. The van der Waals surface area contributed by atoms with Gasteiger partial charge < -0.3 is 5.32 Å². The van der Waals surface area contributed by atoms with Gasteiger partial charge in [0.15, 0.2) is 5.96 Å². The Bertz CT molecular complexity index is 697. The van der Waals surface area contributed by atoms with Gasteiger partial charge in [0.05, 0.1) is 0 Å². The van der Waals surface area contributed by atoms with Gasteiger partial charge in [0.1, 0.15) is 18.4 Å². The lowest BCUT2D eigenvalue weighted by molar-refractivity contribution is -0.124. The molecule has 0 aromatic rings. The first-order chi connectivity index (χ1) is 15.7. The van der Waals surface area contributed by atoms with Crippen molar-refractivity contribution in [2.75, 3.05) is 7.05 Å². The number of guanidine groups is 1. The van der Waals surface area contributed by atoms with Crippen molar-refractivity contribution >= 4 is 11.9 Å². The second-order valence-corrected chi connectivity index (χ2v) is 11.7. The summed E-state index contributed by atoms with van der Waals surface area (Å²) in [6.07, 6.45) is 8.71. The van der Waals surface area contributed by atoms with Crippen molar-refractivity contribution in [3.05, 3.63) is 0 Å². The number of rotatable bonds is 4. The van der Waals surface area contributed by atoms with Crippen molar-refractivity contribution < 1.29 is 9.18 Å². The highest BCUT2D eigenvalue weighted by molar-refractivity contribution is 5.99. The molecule has 4 atom stereocenters. The molecule has 2 saturated carbocycles. The van der Waals surface area contributed by atoms with Gasteiger partial charge in [-0.05, 0) is 56.3 Å². The number of hydrogen-bond acceptors (Lipinski definition) is 6. The van der Waals surface area contributed by atoms with E-state index in [0.29, 0.717) is 36.8 Å². The van der Waals surface area contributed by atoms with E-state index in [2.05, 4.69) is 47.7 Å². The van der Waals surface area contributed by atoms with E-state index in [1.54, 1.807) is 0 Å². The maximum Gasteiger partial charge on any atom is 0.245 e. The number of likely N-dealkylation sites (N-methyl/N-ethyl adjacent to an activating group) is 1. The summed E-state index contributed by atoms with van der Waals surface area (Å²) in [4.78, 5) is 18.1. The van der Waals surface area contributed by atoms with Crippen molar-refractivity contribution in [3.8, 4) is 0 Å². The van der Waals surface area contributed by atoms with Crippen molar-refractivity contribution in [1.29, 1.82) is 0 Å². The summed E-state index contributed by atoms with van der Waals surface area (Å²) in [5, 5.41) is 8.57. The Morgan fingerprint density at radius 2 is 1.73 bits per heavy atom. The lowest BCUT2D eigenvalue weighted by Crippen LogP contribution is -2.52. The predicted molar refractivity (Wildman–Crippen MR) is 129 cm³/mol. The van der Waals surface area contributed by atoms with Crippen LogP contribution in [0, 0.1) is 11.3 Å². The summed E-state index contributed by atoms with van der Waals surface area (Å²) in [6, 6.07) is 0.675. The van der Waals surface area contributed by atoms with E-state index in [9.17, 15) is 9.18 Å². The molecule has 188 valence electrons. The summed E-state index contributed by atoms with van der Waals surface area (Å²) < 4.78 is 13.5. The van der Waals surface area contributed by atoms with Crippen LogP contribution in [0.5, 0.6) is 0 Å². The van der Waals surface area contributed by atoms with Crippen molar-refractivity contribution in [2.24, 2.45) is 16.3 Å². The third-order valence-corrected chi connectivity index (χ3v) is 8.04. The normalized spacial score (nSPS) is 36.9. The minimum atomic E-state index is -0.636. The number of hydrogen-bond donors (Lipinski definition) is 5. The average Bonchev–Trinajstić information content (AvgIpc) is 3.49. The Morgan fingerprint density at radius 3 is 2.36 bits per heavy atom. The van der Waals surface area contributed by atoms with Crippen LogP contribution < -0.4 is 26.9 Å². The number of amides is 1. The molecule has 0 radical (unpaired) electrons. The number of carbonyl (C=O) groups excluding carboxylic acids is 1. The molecule has 4 aliphatic rings. The monoisotopic (exact) mass is 465 g/mol. The van der Waals surface area contributed by atoms with Crippen LogP contribution >= 0.6 is 0 Å². The first-order valence-electron chi connectivity index (χ1n) is 13.0. The van der Waals surface area contributed by atoms with Gasteiger partial charge in [0, 0.05) is 31.6 Å². The van der Waals surface area contributed by atoms with Crippen LogP contribution in [0.1, 0.15) is 85.0 Å². The van der Waals surface area contributed by atoms with Gasteiger partial charge in [0.2, 0.25) is 5.91 Å². The van der Waals surface area contributed by atoms with E-state index < -0.39 is 6.17 Å². The van der Waals surface area contributed by atoms with Crippen molar-refractivity contribution in [1.82, 2.24) is 31.9 Å². The van der Waals surface area contributed by atoms with Crippen LogP contribution in [0.3, 0.4) is 0 Å². The lowest BCUT2D eigenvalue weighted by Gasteiger charge is -2.28. The Morgan fingerprint density at radius 1 is 1.03 bits per heavy atom. The topological polar surface area (TPSA) is 92.8 Å². The number of aliphatic imine (C=N–C) groups is 1. The zero-order valence-electron chi connectivity index (χ0n) is 20.8. The molecule has 8 nitrogen and oxygen atoms in total. The molecule has 9 heteroatoms. The standard InChI is InChI=1S/C24H44FN7O/c1-24(2,3)20-14-19(32(4)31-20)22(33)28-23(26-17-7-5-6-8-17)27-21-13-18(29-30-21)15-9-11-16(25)12-10-15/h15-21,29-31H,5-14H2,1-4H3,(H2,26,27,28,33). The van der Waals surface area contributed by atoms with Crippen molar-refractivity contribution in [2.45, 2.75) is 121 Å². The van der Waals surface area contributed by atoms with Gasteiger partial charge in [-0.25, -0.2) is 19.8 Å². The third-order valence-electron chi connectivity index (χ3n) is 8.04. The van der Waals surface area contributed by atoms with Gasteiger partial charge in [0.25, 0.3) is 0 Å². The number of carbonyl (C=O) groups is 1. The van der Waals surface area contributed by atoms with Crippen LogP contribution in [0.25, 0.3) is 0 Å². The molecule has 4 unspecified atom stereocenters. The maximum absolute atomic E-state index is 13.5. The molecule has 2 aliphatic carbocycles. The van der Waals surface area contributed by atoms with E-state index in [1.165, 1.54) is 12.8 Å². The lowest BCUT2D eigenvalue weighted by atomic mass is 9.82. The minimum Gasteiger partial charge on any atom is -0.353 e. The molecule has 0 aromatic carbocycles. The number of nitrogens with zero attached hydrogens (tertiary/aromatic N) is 2. The van der Waals surface area contributed by atoms with Gasteiger partial charge >= 0.3 is 0 Å². The molecule has 5 N–H and O–H groups in total. The maximum atomic E-state index is 13.5. The third kappa shape index (κ3) is 6.44. The second kappa shape index (κ2) is 10.5. The van der Waals surface area contributed by atoms with Crippen LogP contribution in [0.4, 0.5) is 4.39 Å². The number of hydrazine groups is 2. The molecule has 2 saturated heterocycles. The van der Waals surface area contributed by atoms with Crippen LogP contribution in [-0.2, 0) is 4.79 Å². The highest BCUT2D eigenvalue weighted by Gasteiger charge is 2.40. The van der Waals surface area contributed by atoms with Gasteiger partial charge in [-0.15, -0.1) is 0 Å². The molecule has 0 aromatic heterocycles. The fourth-order valence-electron chi connectivity index (χ4n) is 5.76. The fourth-order valence-corrected chi connectivity index (χ4v) is 5.76. The first-order valence-corrected chi connectivity index (χ1v) is 13.0. The smallest absolute Gasteiger partial charge is 0.245 e. The fraction of sp³-hybridized carbons (Fsp3) is 0.917. The quantitative estimate of drug-likeness (QED) is 0.323. The largest absolute Gasteiger partial charge is 0.353 e. The SMILES string of the molecule is CN1NC(C(C)(C)C)CC1C(=O)N/C(=N\C1CC(C2CCC(F)CC2)NN1)NC1CCCC1.